The molecule has 0 aliphatic heterocycles. The number of Topliss-reactive ketones (excluding diaryl/α,β-unsaturated/α-hetero) is 1. The van der Waals surface area contributed by atoms with E-state index in [4.69, 9.17) is 0 Å². The van der Waals surface area contributed by atoms with Crippen molar-refractivity contribution in [1.82, 2.24) is 0 Å². The molecular weight excluding hydrogens is 364 g/mol. The van der Waals surface area contributed by atoms with Crippen molar-refractivity contribution in [1.29, 1.82) is 0 Å². The highest BCUT2D eigenvalue weighted by molar-refractivity contribution is 9.09. The Morgan fingerprint density at radius 1 is 1.17 bits per heavy atom. The first-order valence-corrected chi connectivity index (χ1v) is 10.7. The van der Waals surface area contributed by atoms with Crippen molar-refractivity contribution in [3.8, 4) is 0 Å². The summed E-state index contributed by atoms with van der Waals surface area (Å²) in [7, 11) is 0. The average molecular weight is 393 g/mol. The molecule has 132 valence electrons. The van der Waals surface area contributed by atoms with Crippen molar-refractivity contribution in [3.05, 3.63) is 23.3 Å². The third-order valence-electron chi connectivity index (χ3n) is 8.08. The van der Waals surface area contributed by atoms with E-state index >= 15 is 0 Å². The third-order valence-corrected chi connectivity index (χ3v) is 8.59. The fourth-order valence-electron chi connectivity index (χ4n) is 6.71. The molecule has 24 heavy (non-hydrogen) atoms. The van der Waals surface area contributed by atoms with E-state index in [0.717, 1.165) is 50.0 Å². The van der Waals surface area contributed by atoms with Gasteiger partial charge in [-0.3, -0.25) is 4.79 Å². The fourth-order valence-corrected chi connectivity index (χ4v) is 7.02. The minimum Gasteiger partial charge on any atom is -0.393 e. The summed E-state index contributed by atoms with van der Waals surface area (Å²) < 4.78 is 0. The van der Waals surface area contributed by atoms with Crippen molar-refractivity contribution in [3.63, 3.8) is 0 Å². The lowest BCUT2D eigenvalue weighted by atomic mass is 9.47. The maximum absolute atomic E-state index is 12.4. The van der Waals surface area contributed by atoms with Crippen LogP contribution >= 0.6 is 15.9 Å². The largest absolute Gasteiger partial charge is 0.393 e. The molecule has 0 spiro atoms. The highest BCUT2D eigenvalue weighted by Gasteiger charge is 2.57. The number of alkyl halides is 1. The van der Waals surface area contributed by atoms with Gasteiger partial charge in [0.05, 0.1) is 11.4 Å². The summed E-state index contributed by atoms with van der Waals surface area (Å²) in [5.74, 6) is 2.34. The lowest BCUT2D eigenvalue weighted by Gasteiger charge is -2.57. The SMILES string of the molecule is C[C@]12CC[C@H](O)CC1=CC[C@@H]1[C@@H]2CC[C@]2(C)C(C(=O)CBr)=CC[C@@H]12. The topological polar surface area (TPSA) is 37.3 Å². The number of halogens is 1. The minimum atomic E-state index is -0.133. The van der Waals surface area contributed by atoms with Crippen LogP contribution in [0, 0.1) is 28.6 Å². The molecule has 2 saturated carbocycles. The Hall–Kier alpha value is -0.410. The van der Waals surface area contributed by atoms with Gasteiger partial charge in [-0.1, -0.05) is 47.5 Å². The zero-order valence-corrected chi connectivity index (χ0v) is 16.4. The third kappa shape index (κ3) is 2.26. The number of aliphatic hydroxyl groups is 1. The normalized spacial score (nSPS) is 47.2. The molecule has 4 aliphatic carbocycles. The number of aliphatic hydroxyl groups excluding tert-OH is 1. The van der Waals surface area contributed by atoms with Gasteiger partial charge >= 0.3 is 0 Å². The van der Waals surface area contributed by atoms with E-state index in [2.05, 4.69) is 41.9 Å². The van der Waals surface area contributed by atoms with Crippen molar-refractivity contribution in [2.75, 3.05) is 5.33 Å². The Balaban J connectivity index is 1.65. The number of rotatable bonds is 2. The molecule has 4 rings (SSSR count). The number of ketones is 1. The molecule has 0 heterocycles. The smallest absolute Gasteiger partial charge is 0.169 e. The van der Waals surface area contributed by atoms with Gasteiger partial charge in [-0.25, -0.2) is 0 Å². The lowest BCUT2D eigenvalue weighted by molar-refractivity contribution is -0.115. The highest BCUT2D eigenvalue weighted by atomic mass is 79.9. The summed E-state index contributed by atoms with van der Waals surface area (Å²) in [6.07, 6.45) is 12.1. The quantitative estimate of drug-likeness (QED) is 0.540. The summed E-state index contributed by atoms with van der Waals surface area (Å²) in [4.78, 5) is 12.4. The predicted molar refractivity (Wildman–Crippen MR) is 100.0 cm³/mol. The second-order valence-electron chi connectivity index (χ2n) is 9.02. The Labute approximate surface area is 153 Å². The summed E-state index contributed by atoms with van der Waals surface area (Å²) in [5, 5.41) is 10.5. The van der Waals surface area contributed by atoms with E-state index < -0.39 is 0 Å². The number of fused-ring (bicyclic) bond motifs is 5. The van der Waals surface area contributed by atoms with E-state index in [-0.39, 0.29) is 22.7 Å². The van der Waals surface area contributed by atoms with Gasteiger partial charge in [0.1, 0.15) is 0 Å². The molecule has 0 aromatic heterocycles. The first-order valence-electron chi connectivity index (χ1n) is 9.57. The van der Waals surface area contributed by atoms with Crippen molar-refractivity contribution in [2.45, 2.75) is 64.9 Å². The Bertz CT molecular complexity index is 621. The second-order valence-corrected chi connectivity index (χ2v) is 9.58. The van der Waals surface area contributed by atoms with Crippen LogP contribution in [0.4, 0.5) is 0 Å². The lowest BCUT2D eigenvalue weighted by Crippen LogP contribution is -2.50. The molecule has 0 aromatic carbocycles. The Morgan fingerprint density at radius 2 is 1.92 bits per heavy atom. The number of carbonyl (C=O) groups is 1. The van der Waals surface area contributed by atoms with Crippen LogP contribution in [0.15, 0.2) is 23.3 Å². The summed E-state index contributed by atoms with van der Waals surface area (Å²) in [6.45, 7) is 4.80. The van der Waals surface area contributed by atoms with Crippen LogP contribution in [0.3, 0.4) is 0 Å². The summed E-state index contributed by atoms with van der Waals surface area (Å²) in [5.41, 5.74) is 2.99. The molecule has 0 unspecified atom stereocenters. The van der Waals surface area contributed by atoms with Crippen LogP contribution < -0.4 is 0 Å². The number of hydrogen-bond acceptors (Lipinski definition) is 2. The molecule has 6 atom stereocenters. The predicted octanol–water partition coefficient (Wildman–Crippen LogP) is 4.81. The maximum atomic E-state index is 12.4. The molecular formula is C21H29BrO2. The monoisotopic (exact) mass is 392 g/mol. The van der Waals surface area contributed by atoms with Crippen molar-refractivity contribution < 1.29 is 9.90 Å². The molecule has 1 N–H and O–H groups in total. The van der Waals surface area contributed by atoms with E-state index in [1.807, 2.05) is 0 Å². The Kier molecular flexibility index (Phi) is 4.12. The average Bonchev–Trinajstić information content (AvgIpc) is 2.92. The number of hydrogen-bond donors (Lipinski definition) is 1. The Morgan fingerprint density at radius 3 is 2.67 bits per heavy atom. The first kappa shape index (κ1) is 17.0. The molecule has 0 saturated heterocycles. The van der Waals surface area contributed by atoms with Gasteiger partial charge in [-0.2, -0.15) is 0 Å². The molecule has 0 bridgehead atoms. The van der Waals surface area contributed by atoms with E-state index in [1.54, 1.807) is 0 Å². The molecule has 3 heteroatoms. The zero-order valence-electron chi connectivity index (χ0n) is 14.9. The van der Waals surface area contributed by atoms with E-state index in [9.17, 15) is 9.90 Å². The highest BCUT2D eigenvalue weighted by Crippen LogP contribution is 2.64. The van der Waals surface area contributed by atoms with Gasteiger partial charge in [-0.15, -0.1) is 0 Å². The van der Waals surface area contributed by atoms with Gasteiger partial charge in [0.15, 0.2) is 5.78 Å². The summed E-state index contributed by atoms with van der Waals surface area (Å²) >= 11 is 3.37. The van der Waals surface area contributed by atoms with Crippen molar-refractivity contribution in [2.24, 2.45) is 28.6 Å². The zero-order chi connectivity index (χ0) is 17.1. The minimum absolute atomic E-state index is 0.0852. The van der Waals surface area contributed by atoms with Gasteiger partial charge in [0, 0.05) is 0 Å². The first-order chi connectivity index (χ1) is 11.4. The van der Waals surface area contributed by atoms with E-state index in [0.29, 0.717) is 17.2 Å². The van der Waals surface area contributed by atoms with Crippen molar-refractivity contribution >= 4 is 21.7 Å². The standard InChI is InChI=1S/C21H29BrO2/c1-20-9-7-14(23)11-13(20)3-4-15-16-5-6-18(19(24)12-22)21(16,2)10-8-17(15)20/h3,6,14-17,23H,4-5,7-12H2,1-2H3/t14-,15-,16-,17-,20-,21-/m0/s1. The number of carbonyl (C=O) groups excluding carboxylic acids is 1. The van der Waals surface area contributed by atoms with Gasteiger partial charge in [-0.05, 0) is 79.1 Å². The van der Waals surface area contributed by atoms with E-state index in [1.165, 1.54) is 12.0 Å². The molecule has 0 aromatic rings. The number of allylic oxidation sites excluding steroid dienone is 3. The van der Waals surface area contributed by atoms with Crippen LogP contribution in [0.2, 0.25) is 0 Å². The molecule has 4 aliphatic rings. The fraction of sp³-hybridized carbons (Fsp3) is 0.762. The second kappa shape index (κ2) is 5.81. The van der Waals surface area contributed by atoms with Gasteiger partial charge in [0.25, 0.3) is 0 Å². The van der Waals surface area contributed by atoms with Crippen LogP contribution in [0.1, 0.15) is 58.8 Å². The van der Waals surface area contributed by atoms with Gasteiger partial charge < -0.3 is 5.11 Å². The maximum Gasteiger partial charge on any atom is 0.169 e. The van der Waals surface area contributed by atoms with Crippen LogP contribution in [-0.2, 0) is 4.79 Å². The van der Waals surface area contributed by atoms with Crippen LogP contribution in [-0.4, -0.2) is 22.3 Å². The van der Waals surface area contributed by atoms with Crippen LogP contribution in [0.5, 0.6) is 0 Å². The molecule has 0 amide bonds. The molecule has 0 radical (unpaired) electrons. The molecule has 2 fully saturated rings. The molecule has 2 nitrogen and oxygen atoms in total. The van der Waals surface area contributed by atoms with Crippen LogP contribution in [0.25, 0.3) is 0 Å². The van der Waals surface area contributed by atoms with Gasteiger partial charge in [0.2, 0.25) is 0 Å². The summed E-state index contributed by atoms with van der Waals surface area (Å²) in [6, 6.07) is 0.